The summed E-state index contributed by atoms with van der Waals surface area (Å²) in [5, 5.41) is 0. The molecule has 1 aromatic carbocycles. The smallest absolute Gasteiger partial charge is 0.124 e. The molecule has 1 atom stereocenters. The molecule has 0 saturated heterocycles. The fourth-order valence-electron chi connectivity index (χ4n) is 1.74. The molecule has 0 aromatic heterocycles. The average molecular weight is 254 g/mol. The second-order valence-corrected chi connectivity index (χ2v) is 4.35. The normalized spacial score (nSPS) is 12.3. The van der Waals surface area contributed by atoms with E-state index in [1.165, 1.54) is 0 Å². The van der Waals surface area contributed by atoms with Gasteiger partial charge in [0.15, 0.2) is 0 Å². The van der Waals surface area contributed by atoms with Crippen molar-refractivity contribution in [3.63, 3.8) is 0 Å². The molecule has 4 nitrogen and oxygen atoms in total. The van der Waals surface area contributed by atoms with E-state index in [0.717, 1.165) is 17.1 Å². The van der Waals surface area contributed by atoms with Gasteiger partial charge in [-0.1, -0.05) is 12.2 Å². The van der Waals surface area contributed by atoms with Crippen LogP contribution in [0.15, 0.2) is 18.2 Å². The third-order valence-electron chi connectivity index (χ3n) is 2.52. The largest absolute Gasteiger partial charge is 0.497 e. The first-order chi connectivity index (χ1) is 8.01. The monoisotopic (exact) mass is 254 g/mol. The van der Waals surface area contributed by atoms with Gasteiger partial charge in [-0.15, -0.1) is 0 Å². The molecule has 0 aliphatic heterocycles. The van der Waals surface area contributed by atoms with Crippen molar-refractivity contribution in [3.8, 4) is 11.5 Å². The number of nitrogens with two attached hydrogens (primary N) is 1. The molecule has 0 spiro atoms. The minimum Gasteiger partial charge on any atom is -0.497 e. The molecule has 1 unspecified atom stereocenters. The van der Waals surface area contributed by atoms with Crippen LogP contribution in [0, 0.1) is 0 Å². The van der Waals surface area contributed by atoms with Crippen LogP contribution in [0.1, 0.15) is 11.6 Å². The van der Waals surface area contributed by atoms with E-state index in [1.54, 1.807) is 14.2 Å². The molecule has 0 heterocycles. The highest BCUT2D eigenvalue weighted by Gasteiger charge is 2.21. The van der Waals surface area contributed by atoms with Gasteiger partial charge in [-0.05, 0) is 32.3 Å². The maximum absolute atomic E-state index is 5.78. The lowest BCUT2D eigenvalue weighted by molar-refractivity contribution is 0.346. The van der Waals surface area contributed by atoms with Crippen LogP contribution in [0.3, 0.4) is 0 Å². The highest BCUT2D eigenvalue weighted by molar-refractivity contribution is 7.80. The van der Waals surface area contributed by atoms with E-state index < -0.39 is 0 Å². The van der Waals surface area contributed by atoms with E-state index in [-0.39, 0.29) is 6.04 Å². The summed E-state index contributed by atoms with van der Waals surface area (Å²) in [6.45, 7) is 0. The number of benzene rings is 1. The molecular weight excluding hydrogens is 236 g/mol. The number of hydrogen-bond acceptors (Lipinski definition) is 4. The minimum atomic E-state index is -0.171. The summed E-state index contributed by atoms with van der Waals surface area (Å²) in [6.07, 6.45) is 0. The molecule has 0 amide bonds. The molecule has 1 rings (SSSR count). The van der Waals surface area contributed by atoms with Gasteiger partial charge in [0.2, 0.25) is 0 Å². The summed E-state index contributed by atoms with van der Waals surface area (Å²) in [4.78, 5) is 2.35. The van der Waals surface area contributed by atoms with Gasteiger partial charge in [0.1, 0.15) is 11.5 Å². The molecule has 5 heteroatoms. The molecule has 0 saturated carbocycles. The molecule has 0 aliphatic carbocycles. The number of ether oxygens (including phenoxy) is 2. The SMILES string of the molecule is COc1ccc(OC)c(C(C(N)=S)N(C)C)c1. The van der Waals surface area contributed by atoms with E-state index >= 15 is 0 Å². The Bertz CT molecular complexity index is 407. The predicted molar refractivity (Wildman–Crippen MR) is 72.8 cm³/mol. The topological polar surface area (TPSA) is 47.7 Å². The number of hydrogen-bond donors (Lipinski definition) is 1. The number of rotatable bonds is 5. The van der Waals surface area contributed by atoms with Crippen molar-refractivity contribution in [1.82, 2.24) is 4.90 Å². The third-order valence-corrected chi connectivity index (χ3v) is 2.74. The lowest BCUT2D eigenvalue weighted by atomic mass is 10.0. The van der Waals surface area contributed by atoms with Crippen molar-refractivity contribution in [1.29, 1.82) is 0 Å². The fourth-order valence-corrected chi connectivity index (χ4v) is 2.08. The molecule has 0 aliphatic rings. The van der Waals surface area contributed by atoms with E-state index in [9.17, 15) is 0 Å². The van der Waals surface area contributed by atoms with Crippen LogP contribution in [0.5, 0.6) is 11.5 Å². The van der Waals surface area contributed by atoms with Gasteiger partial charge >= 0.3 is 0 Å². The molecule has 0 bridgehead atoms. The Morgan fingerprint density at radius 2 is 1.94 bits per heavy atom. The van der Waals surface area contributed by atoms with Gasteiger partial charge in [-0.2, -0.15) is 0 Å². The zero-order valence-electron chi connectivity index (χ0n) is 10.6. The molecule has 1 aromatic rings. The van der Waals surface area contributed by atoms with Gasteiger partial charge in [-0.3, -0.25) is 4.90 Å². The first kappa shape index (κ1) is 13.7. The molecule has 94 valence electrons. The quantitative estimate of drug-likeness (QED) is 0.809. The number of nitrogens with zero attached hydrogens (tertiary/aromatic N) is 1. The molecular formula is C12H18N2O2S. The zero-order chi connectivity index (χ0) is 13.0. The van der Waals surface area contributed by atoms with Crippen LogP contribution in [0.4, 0.5) is 0 Å². The number of thiocarbonyl (C=S) groups is 1. The van der Waals surface area contributed by atoms with Crippen LogP contribution < -0.4 is 15.2 Å². The minimum absolute atomic E-state index is 0.171. The molecule has 17 heavy (non-hydrogen) atoms. The van der Waals surface area contributed by atoms with E-state index in [4.69, 9.17) is 27.4 Å². The number of likely N-dealkylation sites (N-methyl/N-ethyl adjacent to an activating group) is 1. The van der Waals surface area contributed by atoms with Gasteiger partial charge in [-0.25, -0.2) is 0 Å². The lowest BCUT2D eigenvalue weighted by Crippen LogP contribution is -2.31. The fraction of sp³-hybridized carbons (Fsp3) is 0.417. The van der Waals surface area contributed by atoms with E-state index in [0.29, 0.717) is 4.99 Å². The van der Waals surface area contributed by atoms with Crippen LogP contribution in [0.25, 0.3) is 0 Å². The van der Waals surface area contributed by atoms with Crippen LogP contribution in [0.2, 0.25) is 0 Å². The third kappa shape index (κ3) is 3.08. The van der Waals surface area contributed by atoms with Crippen molar-refractivity contribution >= 4 is 17.2 Å². The summed E-state index contributed by atoms with van der Waals surface area (Å²) in [5.74, 6) is 1.50. The zero-order valence-corrected chi connectivity index (χ0v) is 11.4. The summed E-state index contributed by atoms with van der Waals surface area (Å²) < 4.78 is 10.5. The average Bonchev–Trinajstić information content (AvgIpc) is 2.28. The molecule has 0 fully saturated rings. The van der Waals surface area contributed by atoms with Crippen LogP contribution in [-0.2, 0) is 0 Å². The Labute approximate surface area is 107 Å². The Morgan fingerprint density at radius 1 is 1.29 bits per heavy atom. The molecule has 0 radical (unpaired) electrons. The van der Waals surface area contributed by atoms with Gasteiger partial charge in [0.25, 0.3) is 0 Å². The highest BCUT2D eigenvalue weighted by atomic mass is 32.1. The second kappa shape index (κ2) is 5.84. The summed E-state index contributed by atoms with van der Waals surface area (Å²) in [7, 11) is 7.08. The van der Waals surface area contributed by atoms with Crippen molar-refractivity contribution in [2.75, 3.05) is 28.3 Å². The predicted octanol–water partition coefficient (Wildman–Crippen LogP) is 1.59. The van der Waals surface area contributed by atoms with Crippen LogP contribution in [-0.4, -0.2) is 38.2 Å². The maximum Gasteiger partial charge on any atom is 0.124 e. The van der Waals surface area contributed by atoms with E-state index in [2.05, 4.69) is 0 Å². The highest BCUT2D eigenvalue weighted by Crippen LogP contribution is 2.31. The lowest BCUT2D eigenvalue weighted by Gasteiger charge is -2.25. The van der Waals surface area contributed by atoms with Crippen molar-refractivity contribution in [2.45, 2.75) is 6.04 Å². The van der Waals surface area contributed by atoms with Gasteiger partial charge in [0.05, 0.1) is 25.2 Å². The van der Waals surface area contributed by atoms with Crippen molar-refractivity contribution in [3.05, 3.63) is 23.8 Å². The van der Waals surface area contributed by atoms with Crippen molar-refractivity contribution < 1.29 is 9.47 Å². The maximum atomic E-state index is 5.78. The van der Waals surface area contributed by atoms with Gasteiger partial charge in [0, 0.05) is 5.56 Å². The van der Waals surface area contributed by atoms with E-state index in [1.807, 2.05) is 37.2 Å². The van der Waals surface area contributed by atoms with Crippen LogP contribution >= 0.6 is 12.2 Å². The Morgan fingerprint density at radius 3 is 2.35 bits per heavy atom. The Hall–Kier alpha value is -1.33. The van der Waals surface area contributed by atoms with Crippen molar-refractivity contribution in [2.24, 2.45) is 5.73 Å². The second-order valence-electron chi connectivity index (χ2n) is 3.88. The summed E-state index contributed by atoms with van der Waals surface area (Å²) in [6, 6.07) is 5.41. The number of methoxy groups -OCH3 is 2. The standard InChI is InChI=1S/C12H18N2O2S/c1-14(2)11(12(13)17)9-7-8(15-3)5-6-10(9)16-4/h5-7,11H,1-4H3,(H2,13,17). The first-order valence-corrected chi connectivity index (χ1v) is 5.59. The summed E-state index contributed by atoms with van der Waals surface area (Å²) >= 11 is 5.10. The summed E-state index contributed by atoms with van der Waals surface area (Å²) in [5.41, 5.74) is 6.68. The Balaban J connectivity index is 3.28. The Kier molecular flexibility index (Phi) is 4.72. The van der Waals surface area contributed by atoms with Gasteiger partial charge < -0.3 is 15.2 Å². The molecule has 2 N–H and O–H groups in total. The first-order valence-electron chi connectivity index (χ1n) is 5.19.